The first-order valence-corrected chi connectivity index (χ1v) is 7.37. The number of hydrogen-bond donors (Lipinski definition) is 1. The molecule has 0 saturated heterocycles. The van der Waals surface area contributed by atoms with Gasteiger partial charge in [-0.3, -0.25) is 14.9 Å². The molecule has 2 aromatic rings. The van der Waals surface area contributed by atoms with E-state index in [2.05, 4.69) is 10.1 Å². The van der Waals surface area contributed by atoms with Gasteiger partial charge in [0.1, 0.15) is 5.82 Å². The Kier molecular flexibility index (Phi) is 5.84. The molecular formula is C17H15FN2O6. The molecule has 0 aliphatic heterocycles. The number of methoxy groups -OCH3 is 1. The number of nitrogens with one attached hydrogen (secondary N) is 1. The predicted octanol–water partition coefficient (Wildman–Crippen LogP) is 2.85. The number of nitrogens with zero attached hydrogens (tertiary/aromatic N) is 1. The van der Waals surface area contributed by atoms with E-state index in [0.29, 0.717) is 11.3 Å². The molecule has 1 N–H and O–H groups in total. The Hall–Kier alpha value is -3.49. The van der Waals surface area contributed by atoms with E-state index in [1.165, 1.54) is 13.2 Å². The van der Waals surface area contributed by atoms with Gasteiger partial charge in [-0.25, -0.2) is 9.18 Å². The summed E-state index contributed by atoms with van der Waals surface area (Å²) in [6, 6.07) is 7.31. The highest BCUT2D eigenvalue weighted by Crippen LogP contribution is 2.27. The van der Waals surface area contributed by atoms with Crippen molar-refractivity contribution >= 4 is 23.3 Å². The van der Waals surface area contributed by atoms with Crippen LogP contribution in [-0.2, 0) is 9.53 Å². The molecular weight excluding hydrogens is 347 g/mol. The summed E-state index contributed by atoms with van der Waals surface area (Å²) in [7, 11) is 1.24. The molecule has 0 aliphatic carbocycles. The van der Waals surface area contributed by atoms with E-state index >= 15 is 0 Å². The molecule has 26 heavy (non-hydrogen) atoms. The van der Waals surface area contributed by atoms with E-state index in [1.807, 2.05) is 0 Å². The van der Waals surface area contributed by atoms with Crippen LogP contribution in [0.3, 0.4) is 0 Å². The van der Waals surface area contributed by atoms with Crippen molar-refractivity contribution in [3.05, 3.63) is 63.5 Å². The Labute approximate surface area is 147 Å². The van der Waals surface area contributed by atoms with E-state index in [9.17, 15) is 24.1 Å². The molecule has 0 bridgehead atoms. The molecule has 1 amide bonds. The SMILES string of the molecule is COC(=O)c1ccc(C)c(NC(=O)COc2cc(F)ccc2[N+](=O)[O-])c1. The predicted molar refractivity (Wildman–Crippen MR) is 89.7 cm³/mol. The smallest absolute Gasteiger partial charge is 0.337 e. The number of hydrogen-bond acceptors (Lipinski definition) is 6. The average molecular weight is 362 g/mol. The second-order valence-electron chi connectivity index (χ2n) is 5.23. The van der Waals surface area contributed by atoms with Gasteiger partial charge in [0.2, 0.25) is 5.75 Å². The zero-order valence-corrected chi connectivity index (χ0v) is 13.9. The quantitative estimate of drug-likeness (QED) is 0.481. The molecule has 0 spiro atoms. The second-order valence-corrected chi connectivity index (χ2v) is 5.23. The molecule has 9 heteroatoms. The van der Waals surface area contributed by atoms with Crippen LogP contribution < -0.4 is 10.1 Å². The fourth-order valence-electron chi connectivity index (χ4n) is 2.09. The summed E-state index contributed by atoms with van der Waals surface area (Å²) in [6.45, 7) is 1.14. The van der Waals surface area contributed by atoms with Gasteiger partial charge < -0.3 is 14.8 Å². The molecule has 0 aliphatic rings. The zero-order valence-electron chi connectivity index (χ0n) is 13.9. The fraction of sp³-hybridized carbons (Fsp3) is 0.176. The number of nitro groups is 1. The van der Waals surface area contributed by atoms with Crippen LogP contribution in [0.4, 0.5) is 15.8 Å². The summed E-state index contributed by atoms with van der Waals surface area (Å²) in [6.07, 6.45) is 0. The minimum Gasteiger partial charge on any atom is -0.477 e. The summed E-state index contributed by atoms with van der Waals surface area (Å²) in [5.74, 6) is -2.28. The molecule has 0 radical (unpaired) electrons. The number of aryl methyl sites for hydroxylation is 1. The first kappa shape index (κ1) is 18.8. The van der Waals surface area contributed by atoms with Gasteiger partial charge in [-0.2, -0.15) is 0 Å². The van der Waals surface area contributed by atoms with Crippen LogP contribution in [0.25, 0.3) is 0 Å². The van der Waals surface area contributed by atoms with Crippen LogP contribution >= 0.6 is 0 Å². The third-order valence-electron chi connectivity index (χ3n) is 3.41. The average Bonchev–Trinajstić information content (AvgIpc) is 2.61. The standard InChI is InChI=1S/C17H15FN2O6/c1-10-3-4-11(17(22)25-2)7-13(10)19-16(21)9-26-15-8-12(18)5-6-14(15)20(23)24/h3-8H,9H2,1-2H3,(H,19,21). The molecule has 0 atom stereocenters. The third kappa shape index (κ3) is 4.53. The maximum absolute atomic E-state index is 13.2. The molecule has 8 nitrogen and oxygen atoms in total. The first-order valence-electron chi connectivity index (χ1n) is 7.37. The molecule has 0 fully saturated rings. The molecule has 0 aromatic heterocycles. The largest absolute Gasteiger partial charge is 0.477 e. The summed E-state index contributed by atoms with van der Waals surface area (Å²) in [5.41, 5.74) is 0.830. The van der Waals surface area contributed by atoms with Crippen LogP contribution in [0.2, 0.25) is 0 Å². The number of halogens is 1. The highest BCUT2D eigenvalue weighted by molar-refractivity contribution is 5.95. The van der Waals surface area contributed by atoms with Gasteiger partial charge in [-0.15, -0.1) is 0 Å². The van der Waals surface area contributed by atoms with Gasteiger partial charge in [-0.1, -0.05) is 6.07 Å². The van der Waals surface area contributed by atoms with E-state index < -0.39 is 34.9 Å². The molecule has 136 valence electrons. The third-order valence-corrected chi connectivity index (χ3v) is 3.41. The highest BCUT2D eigenvalue weighted by Gasteiger charge is 2.17. The van der Waals surface area contributed by atoms with Crippen molar-refractivity contribution in [1.82, 2.24) is 0 Å². The Morgan fingerprint density at radius 2 is 1.96 bits per heavy atom. The van der Waals surface area contributed by atoms with Gasteiger partial charge in [0.15, 0.2) is 6.61 Å². The summed E-state index contributed by atoms with van der Waals surface area (Å²) in [5, 5.41) is 13.4. The number of amides is 1. The number of rotatable bonds is 6. The van der Waals surface area contributed by atoms with E-state index in [-0.39, 0.29) is 11.3 Å². The van der Waals surface area contributed by atoms with Crippen LogP contribution in [0, 0.1) is 22.9 Å². The molecule has 2 rings (SSSR count). The van der Waals surface area contributed by atoms with Crippen molar-refractivity contribution in [1.29, 1.82) is 0 Å². The van der Waals surface area contributed by atoms with Crippen molar-refractivity contribution in [2.45, 2.75) is 6.92 Å². The first-order chi connectivity index (χ1) is 12.3. The summed E-state index contributed by atoms with van der Waals surface area (Å²) < 4.78 is 22.9. The Morgan fingerprint density at radius 3 is 2.62 bits per heavy atom. The number of benzene rings is 2. The van der Waals surface area contributed by atoms with Crippen LogP contribution in [0.5, 0.6) is 5.75 Å². The number of esters is 1. The van der Waals surface area contributed by atoms with E-state index in [1.54, 1.807) is 19.1 Å². The second kappa shape index (κ2) is 8.06. The van der Waals surface area contributed by atoms with Crippen molar-refractivity contribution in [3.63, 3.8) is 0 Å². The van der Waals surface area contributed by atoms with Crippen LogP contribution in [-0.4, -0.2) is 30.5 Å². The number of nitro benzene ring substituents is 1. The number of carbonyl (C=O) groups is 2. The molecule has 2 aromatic carbocycles. The number of ether oxygens (including phenoxy) is 2. The van der Waals surface area contributed by atoms with E-state index in [4.69, 9.17) is 4.74 Å². The lowest BCUT2D eigenvalue weighted by Crippen LogP contribution is -2.21. The van der Waals surface area contributed by atoms with Crippen LogP contribution in [0.15, 0.2) is 36.4 Å². The zero-order chi connectivity index (χ0) is 19.3. The van der Waals surface area contributed by atoms with Gasteiger partial charge in [-0.05, 0) is 30.7 Å². The van der Waals surface area contributed by atoms with Gasteiger partial charge >= 0.3 is 11.7 Å². The minimum atomic E-state index is -0.739. The van der Waals surface area contributed by atoms with Crippen molar-refractivity contribution < 1.29 is 28.4 Å². The number of carbonyl (C=O) groups excluding carboxylic acids is 2. The summed E-state index contributed by atoms with van der Waals surface area (Å²) in [4.78, 5) is 33.7. The maximum Gasteiger partial charge on any atom is 0.337 e. The van der Waals surface area contributed by atoms with E-state index in [0.717, 1.165) is 18.2 Å². The Bertz CT molecular complexity index is 868. The van der Waals surface area contributed by atoms with Crippen molar-refractivity contribution in [2.75, 3.05) is 19.0 Å². The minimum absolute atomic E-state index is 0.245. The normalized spacial score (nSPS) is 10.1. The lowest BCUT2D eigenvalue weighted by atomic mass is 10.1. The lowest BCUT2D eigenvalue weighted by Gasteiger charge is -2.11. The van der Waals surface area contributed by atoms with Crippen molar-refractivity contribution in [3.8, 4) is 5.75 Å². The van der Waals surface area contributed by atoms with Gasteiger partial charge in [0, 0.05) is 17.8 Å². The van der Waals surface area contributed by atoms with Crippen LogP contribution in [0.1, 0.15) is 15.9 Å². The monoisotopic (exact) mass is 362 g/mol. The molecule has 0 unspecified atom stereocenters. The Morgan fingerprint density at radius 1 is 1.23 bits per heavy atom. The fourth-order valence-corrected chi connectivity index (χ4v) is 2.09. The molecule has 0 saturated carbocycles. The van der Waals surface area contributed by atoms with Gasteiger partial charge in [0.05, 0.1) is 17.6 Å². The maximum atomic E-state index is 13.2. The molecule has 0 heterocycles. The number of anilines is 1. The summed E-state index contributed by atoms with van der Waals surface area (Å²) >= 11 is 0. The Balaban J connectivity index is 2.10. The topological polar surface area (TPSA) is 108 Å². The highest BCUT2D eigenvalue weighted by atomic mass is 19.1. The van der Waals surface area contributed by atoms with Crippen molar-refractivity contribution in [2.24, 2.45) is 0 Å². The lowest BCUT2D eigenvalue weighted by molar-refractivity contribution is -0.385. The van der Waals surface area contributed by atoms with Gasteiger partial charge in [0.25, 0.3) is 5.91 Å².